The summed E-state index contributed by atoms with van der Waals surface area (Å²) in [5.74, 6) is 0.0874. The molecule has 1 aliphatic heterocycles. The van der Waals surface area contributed by atoms with Gasteiger partial charge in [-0.3, -0.25) is 4.79 Å². The van der Waals surface area contributed by atoms with Gasteiger partial charge in [-0.1, -0.05) is 19.1 Å². The Hall–Kier alpha value is -2.65. The summed E-state index contributed by atoms with van der Waals surface area (Å²) in [4.78, 5) is 14.2. The van der Waals surface area contributed by atoms with Gasteiger partial charge in [0, 0.05) is 31.7 Å². The van der Waals surface area contributed by atoms with Gasteiger partial charge in [0.05, 0.1) is 13.2 Å². The molecule has 3 rings (SSSR count). The van der Waals surface area contributed by atoms with Gasteiger partial charge in [-0.2, -0.15) is 4.31 Å². The standard InChI is InChI=1S/C22H27FN2O5S/c1-3-15-30-19-10-9-17(16-20(19)29-4-2)22(26)24-11-13-25(14-12-24)31(27,28)21-8-6-5-7-18(21)23/h5-10,16H,3-4,11-15H2,1-2H3. The Labute approximate surface area is 182 Å². The second-order valence-corrected chi connectivity index (χ2v) is 8.98. The molecular formula is C22H27FN2O5S. The Morgan fingerprint density at radius 3 is 2.35 bits per heavy atom. The fourth-order valence-electron chi connectivity index (χ4n) is 3.35. The zero-order valence-corrected chi connectivity index (χ0v) is 18.5. The summed E-state index contributed by atoms with van der Waals surface area (Å²) in [6, 6.07) is 10.3. The Bertz CT molecular complexity index is 1020. The number of amides is 1. The third-order valence-electron chi connectivity index (χ3n) is 4.93. The van der Waals surface area contributed by atoms with Gasteiger partial charge in [-0.15, -0.1) is 0 Å². The van der Waals surface area contributed by atoms with Crippen molar-refractivity contribution in [1.29, 1.82) is 0 Å². The Balaban J connectivity index is 1.70. The molecule has 2 aromatic carbocycles. The lowest BCUT2D eigenvalue weighted by Gasteiger charge is -2.34. The topological polar surface area (TPSA) is 76.2 Å². The molecule has 0 aliphatic carbocycles. The number of benzene rings is 2. The van der Waals surface area contributed by atoms with Gasteiger partial charge in [0.15, 0.2) is 11.5 Å². The summed E-state index contributed by atoms with van der Waals surface area (Å²) >= 11 is 0. The first-order valence-corrected chi connectivity index (χ1v) is 11.8. The number of nitrogens with zero attached hydrogens (tertiary/aromatic N) is 2. The number of hydrogen-bond acceptors (Lipinski definition) is 5. The van der Waals surface area contributed by atoms with E-state index in [2.05, 4.69) is 0 Å². The fraction of sp³-hybridized carbons (Fsp3) is 0.409. The number of hydrogen-bond donors (Lipinski definition) is 0. The van der Waals surface area contributed by atoms with Crippen molar-refractivity contribution in [3.8, 4) is 11.5 Å². The van der Waals surface area contributed by atoms with Crippen LogP contribution in [0.4, 0.5) is 4.39 Å². The second kappa shape index (κ2) is 10.1. The summed E-state index contributed by atoms with van der Waals surface area (Å²) in [6.07, 6.45) is 0.853. The third kappa shape index (κ3) is 5.16. The number of carbonyl (C=O) groups excluding carboxylic acids is 1. The van der Waals surface area contributed by atoms with E-state index in [1.54, 1.807) is 23.1 Å². The van der Waals surface area contributed by atoms with E-state index in [-0.39, 0.29) is 37.0 Å². The predicted octanol–water partition coefficient (Wildman–Crippen LogP) is 3.16. The van der Waals surface area contributed by atoms with Crippen molar-refractivity contribution in [3.63, 3.8) is 0 Å². The molecule has 1 saturated heterocycles. The molecule has 1 heterocycles. The molecule has 0 unspecified atom stereocenters. The minimum Gasteiger partial charge on any atom is -0.490 e. The van der Waals surface area contributed by atoms with Crippen LogP contribution in [0.15, 0.2) is 47.4 Å². The van der Waals surface area contributed by atoms with Crippen LogP contribution < -0.4 is 9.47 Å². The molecule has 168 valence electrons. The van der Waals surface area contributed by atoms with Gasteiger partial charge in [-0.05, 0) is 43.7 Å². The fourth-order valence-corrected chi connectivity index (χ4v) is 4.83. The lowest BCUT2D eigenvalue weighted by atomic mass is 10.1. The Morgan fingerprint density at radius 1 is 1.00 bits per heavy atom. The summed E-state index contributed by atoms with van der Waals surface area (Å²) in [5, 5.41) is 0. The molecule has 31 heavy (non-hydrogen) atoms. The zero-order valence-electron chi connectivity index (χ0n) is 17.7. The van der Waals surface area contributed by atoms with Gasteiger partial charge >= 0.3 is 0 Å². The first-order chi connectivity index (χ1) is 14.9. The largest absolute Gasteiger partial charge is 0.490 e. The maximum absolute atomic E-state index is 14.0. The molecule has 0 radical (unpaired) electrons. The van der Waals surface area contributed by atoms with E-state index in [1.807, 2.05) is 13.8 Å². The molecule has 0 bridgehead atoms. The van der Waals surface area contributed by atoms with Gasteiger partial charge < -0.3 is 14.4 Å². The maximum atomic E-state index is 14.0. The SMILES string of the molecule is CCCOc1ccc(C(=O)N2CCN(S(=O)(=O)c3ccccc3F)CC2)cc1OCC. The highest BCUT2D eigenvalue weighted by Gasteiger charge is 2.32. The zero-order chi connectivity index (χ0) is 22.4. The van der Waals surface area contributed by atoms with Crippen LogP contribution in [0.3, 0.4) is 0 Å². The highest BCUT2D eigenvalue weighted by Crippen LogP contribution is 2.29. The molecule has 0 spiro atoms. The van der Waals surface area contributed by atoms with Crippen LogP contribution in [0.1, 0.15) is 30.6 Å². The van der Waals surface area contributed by atoms with Gasteiger partial charge in [0.2, 0.25) is 10.0 Å². The predicted molar refractivity (Wildman–Crippen MR) is 114 cm³/mol. The van der Waals surface area contributed by atoms with Crippen molar-refractivity contribution in [1.82, 2.24) is 9.21 Å². The highest BCUT2D eigenvalue weighted by atomic mass is 32.2. The first kappa shape index (κ1) is 23.0. The summed E-state index contributed by atoms with van der Waals surface area (Å²) in [5.41, 5.74) is 0.442. The van der Waals surface area contributed by atoms with E-state index >= 15 is 0 Å². The van der Waals surface area contributed by atoms with Crippen molar-refractivity contribution in [2.45, 2.75) is 25.2 Å². The van der Waals surface area contributed by atoms with Crippen LogP contribution >= 0.6 is 0 Å². The van der Waals surface area contributed by atoms with Crippen molar-refractivity contribution in [3.05, 3.63) is 53.8 Å². The molecule has 0 atom stereocenters. The average Bonchev–Trinajstić information content (AvgIpc) is 2.78. The minimum atomic E-state index is -3.95. The van der Waals surface area contributed by atoms with Crippen LogP contribution in [0.5, 0.6) is 11.5 Å². The maximum Gasteiger partial charge on any atom is 0.254 e. The van der Waals surface area contributed by atoms with E-state index in [4.69, 9.17) is 9.47 Å². The molecule has 9 heteroatoms. The van der Waals surface area contributed by atoms with Crippen molar-refractivity contribution >= 4 is 15.9 Å². The average molecular weight is 451 g/mol. The smallest absolute Gasteiger partial charge is 0.254 e. The Kier molecular flexibility index (Phi) is 7.50. The van der Waals surface area contributed by atoms with E-state index < -0.39 is 15.8 Å². The number of halogens is 1. The van der Waals surface area contributed by atoms with E-state index in [0.717, 1.165) is 12.5 Å². The van der Waals surface area contributed by atoms with Crippen LogP contribution in [0.25, 0.3) is 0 Å². The quantitative estimate of drug-likeness (QED) is 0.618. The molecule has 2 aromatic rings. The molecule has 0 aromatic heterocycles. The highest BCUT2D eigenvalue weighted by molar-refractivity contribution is 7.89. The van der Waals surface area contributed by atoms with Crippen LogP contribution in [-0.4, -0.2) is 62.9 Å². The van der Waals surface area contributed by atoms with E-state index in [0.29, 0.717) is 30.3 Å². The molecule has 7 nitrogen and oxygen atoms in total. The summed E-state index contributed by atoms with van der Waals surface area (Å²) in [6.45, 7) is 5.46. The first-order valence-electron chi connectivity index (χ1n) is 10.3. The monoisotopic (exact) mass is 450 g/mol. The third-order valence-corrected chi connectivity index (χ3v) is 6.86. The molecule has 1 fully saturated rings. The molecule has 1 aliphatic rings. The molecule has 1 amide bonds. The number of ether oxygens (including phenoxy) is 2. The van der Waals surface area contributed by atoms with E-state index in [9.17, 15) is 17.6 Å². The molecule has 0 saturated carbocycles. The molecular weight excluding hydrogens is 423 g/mol. The lowest BCUT2D eigenvalue weighted by molar-refractivity contribution is 0.0697. The number of carbonyl (C=O) groups is 1. The second-order valence-electron chi connectivity index (χ2n) is 7.07. The van der Waals surface area contributed by atoms with Crippen molar-refractivity contribution in [2.75, 3.05) is 39.4 Å². The van der Waals surface area contributed by atoms with Crippen molar-refractivity contribution in [2.24, 2.45) is 0 Å². The number of piperazine rings is 1. The van der Waals surface area contributed by atoms with Gasteiger partial charge in [-0.25, -0.2) is 12.8 Å². The van der Waals surface area contributed by atoms with E-state index in [1.165, 1.54) is 22.5 Å². The van der Waals surface area contributed by atoms with Crippen molar-refractivity contribution < 1.29 is 27.1 Å². The normalized spacial score (nSPS) is 15.0. The Morgan fingerprint density at radius 2 is 1.71 bits per heavy atom. The van der Waals surface area contributed by atoms with Crippen LogP contribution in [0, 0.1) is 5.82 Å². The lowest BCUT2D eigenvalue weighted by Crippen LogP contribution is -2.50. The number of sulfonamides is 1. The summed E-state index contributed by atoms with van der Waals surface area (Å²) in [7, 11) is -3.95. The van der Waals surface area contributed by atoms with Crippen LogP contribution in [0.2, 0.25) is 0 Å². The summed E-state index contributed by atoms with van der Waals surface area (Å²) < 4.78 is 52.0. The van der Waals surface area contributed by atoms with Gasteiger partial charge in [0.1, 0.15) is 10.7 Å². The number of rotatable bonds is 8. The van der Waals surface area contributed by atoms with Crippen LogP contribution in [-0.2, 0) is 10.0 Å². The molecule has 0 N–H and O–H groups in total. The van der Waals surface area contributed by atoms with Gasteiger partial charge in [0.25, 0.3) is 5.91 Å². The minimum absolute atomic E-state index is 0.0957.